The van der Waals surface area contributed by atoms with Gasteiger partial charge in [-0.25, -0.2) is 4.39 Å². The van der Waals surface area contributed by atoms with Gasteiger partial charge in [-0.1, -0.05) is 6.07 Å². The summed E-state index contributed by atoms with van der Waals surface area (Å²) < 4.78 is 58.0. The maximum absolute atomic E-state index is 13.2. The number of carbonyl (C=O) groups is 1. The van der Waals surface area contributed by atoms with Gasteiger partial charge in [0, 0.05) is 19.6 Å². The molecule has 1 heterocycles. The lowest BCUT2D eigenvalue weighted by Crippen LogP contribution is -2.39. The fourth-order valence-corrected chi connectivity index (χ4v) is 2.88. The minimum Gasteiger partial charge on any atom is -0.381 e. The van der Waals surface area contributed by atoms with Crippen molar-refractivity contribution in [3.05, 3.63) is 34.1 Å². The summed E-state index contributed by atoms with van der Waals surface area (Å²) in [5, 5.41) is 2.02. The van der Waals surface area contributed by atoms with Crippen molar-refractivity contribution in [2.24, 2.45) is 5.92 Å². The van der Waals surface area contributed by atoms with E-state index in [-0.39, 0.29) is 22.4 Å². The maximum atomic E-state index is 13.2. The van der Waals surface area contributed by atoms with Crippen molar-refractivity contribution >= 4 is 21.8 Å². The molecule has 1 saturated heterocycles. The minimum atomic E-state index is -4.66. The van der Waals surface area contributed by atoms with Crippen LogP contribution in [-0.2, 0) is 9.53 Å². The number of ether oxygens (including phenoxy) is 1. The largest absolute Gasteiger partial charge is 0.412 e. The Morgan fingerprint density at radius 1 is 1.35 bits per heavy atom. The lowest BCUT2D eigenvalue weighted by atomic mass is 9.96. The average Bonchev–Trinajstić information content (AvgIpc) is 2.48. The first kappa shape index (κ1) is 18.2. The molecule has 1 aliphatic rings. The highest BCUT2D eigenvalue weighted by atomic mass is 79.9. The summed E-state index contributed by atoms with van der Waals surface area (Å²) in [6.07, 6.45) is -3.32. The molecule has 0 bridgehead atoms. The van der Waals surface area contributed by atoms with Gasteiger partial charge in [-0.05, 0) is 52.4 Å². The molecule has 1 aliphatic heterocycles. The van der Waals surface area contributed by atoms with Crippen molar-refractivity contribution in [1.82, 2.24) is 5.32 Å². The van der Waals surface area contributed by atoms with Crippen LogP contribution < -0.4 is 5.32 Å². The summed E-state index contributed by atoms with van der Waals surface area (Å²) in [6, 6.07) is 0.824. The number of nitrogens with one attached hydrogen (secondary N) is 1. The average molecular weight is 398 g/mol. The molecule has 1 atom stereocenters. The molecule has 1 unspecified atom stereocenters. The normalized spacial score (nSPS) is 17.8. The van der Waals surface area contributed by atoms with Gasteiger partial charge in [0.15, 0.2) is 6.04 Å². The van der Waals surface area contributed by atoms with Gasteiger partial charge in [-0.3, -0.25) is 4.79 Å². The summed E-state index contributed by atoms with van der Waals surface area (Å²) in [7, 11) is 0. The Labute approximate surface area is 139 Å². The molecule has 0 spiro atoms. The van der Waals surface area contributed by atoms with Crippen LogP contribution in [0.15, 0.2) is 22.7 Å². The molecule has 3 nitrogen and oxygen atoms in total. The molecule has 2 rings (SSSR count). The van der Waals surface area contributed by atoms with Crippen LogP contribution in [0.1, 0.15) is 30.9 Å². The Balaban J connectivity index is 2.09. The smallest absolute Gasteiger partial charge is 0.381 e. The predicted molar refractivity (Wildman–Crippen MR) is 79.2 cm³/mol. The Morgan fingerprint density at radius 2 is 2.00 bits per heavy atom. The van der Waals surface area contributed by atoms with E-state index >= 15 is 0 Å². The van der Waals surface area contributed by atoms with Crippen LogP contribution >= 0.6 is 15.9 Å². The van der Waals surface area contributed by atoms with Gasteiger partial charge < -0.3 is 10.1 Å². The van der Waals surface area contributed by atoms with Gasteiger partial charge in [-0.15, -0.1) is 0 Å². The highest BCUT2D eigenvalue weighted by Crippen LogP contribution is 2.34. The monoisotopic (exact) mass is 397 g/mol. The van der Waals surface area contributed by atoms with Gasteiger partial charge in [0.1, 0.15) is 5.82 Å². The number of alkyl halides is 3. The number of amides is 1. The van der Waals surface area contributed by atoms with Crippen LogP contribution in [0.25, 0.3) is 0 Å². The number of halogens is 5. The van der Waals surface area contributed by atoms with Gasteiger partial charge in [0.05, 0.1) is 4.47 Å². The number of hydrogen-bond acceptors (Lipinski definition) is 2. The summed E-state index contributed by atoms with van der Waals surface area (Å²) in [6.45, 7) is 1.04. The van der Waals surface area contributed by atoms with Crippen molar-refractivity contribution in [1.29, 1.82) is 0 Å². The first-order valence-electron chi connectivity index (χ1n) is 7.16. The van der Waals surface area contributed by atoms with Crippen LogP contribution in [0, 0.1) is 11.7 Å². The molecule has 1 aromatic carbocycles. The Bertz CT molecular complexity index is 559. The third kappa shape index (κ3) is 5.17. The van der Waals surface area contributed by atoms with E-state index in [9.17, 15) is 22.4 Å². The molecule has 0 radical (unpaired) electrons. The molecule has 128 valence electrons. The third-order valence-corrected chi connectivity index (χ3v) is 4.33. The number of carbonyl (C=O) groups excluding carboxylic acids is 1. The van der Waals surface area contributed by atoms with Crippen molar-refractivity contribution in [3.8, 4) is 0 Å². The summed E-state index contributed by atoms with van der Waals surface area (Å²) in [4.78, 5) is 12.0. The van der Waals surface area contributed by atoms with Gasteiger partial charge in [0.25, 0.3) is 0 Å². The highest BCUT2D eigenvalue weighted by molar-refractivity contribution is 9.10. The van der Waals surface area contributed by atoms with E-state index in [4.69, 9.17) is 4.74 Å². The molecular weight excluding hydrogens is 382 g/mol. The van der Waals surface area contributed by atoms with Gasteiger partial charge in [0.2, 0.25) is 5.91 Å². The quantitative estimate of drug-likeness (QED) is 0.775. The van der Waals surface area contributed by atoms with E-state index in [1.807, 2.05) is 5.32 Å². The summed E-state index contributed by atoms with van der Waals surface area (Å²) in [5.41, 5.74) is -0.217. The molecule has 1 fully saturated rings. The lowest BCUT2D eigenvalue weighted by molar-refractivity contribution is -0.163. The first-order chi connectivity index (χ1) is 10.8. The Morgan fingerprint density at radius 3 is 2.57 bits per heavy atom. The van der Waals surface area contributed by atoms with Crippen LogP contribution in [0.2, 0.25) is 0 Å². The van der Waals surface area contributed by atoms with Crippen molar-refractivity contribution < 1.29 is 27.1 Å². The molecule has 1 amide bonds. The van der Waals surface area contributed by atoms with Crippen LogP contribution in [0.5, 0.6) is 0 Å². The van der Waals surface area contributed by atoms with E-state index in [2.05, 4.69) is 15.9 Å². The Kier molecular flexibility index (Phi) is 6.02. The van der Waals surface area contributed by atoms with E-state index < -0.39 is 23.9 Å². The van der Waals surface area contributed by atoms with E-state index in [1.54, 1.807) is 0 Å². The first-order valence-corrected chi connectivity index (χ1v) is 7.95. The second kappa shape index (κ2) is 7.61. The molecule has 0 aliphatic carbocycles. The van der Waals surface area contributed by atoms with Crippen molar-refractivity contribution in [2.75, 3.05) is 13.2 Å². The van der Waals surface area contributed by atoms with E-state index in [0.29, 0.717) is 26.1 Å². The van der Waals surface area contributed by atoms with E-state index in [1.165, 1.54) is 0 Å². The van der Waals surface area contributed by atoms with Crippen molar-refractivity contribution in [2.45, 2.75) is 31.5 Å². The topological polar surface area (TPSA) is 38.3 Å². The number of hydrogen-bond donors (Lipinski definition) is 1. The SMILES string of the molecule is O=C(CC1CCOCC1)NC(c1ccc(F)c(Br)c1)C(F)(F)F. The van der Waals surface area contributed by atoms with Crippen LogP contribution in [0.4, 0.5) is 17.6 Å². The molecule has 23 heavy (non-hydrogen) atoms. The fourth-order valence-electron chi connectivity index (χ4n) is 2.48. The number of benzene rings is 1. The maximum Gasteiger partial charge on any atom is 0.412 e. The minimum absolute atomic E-state index is 0.0255. The zero-order valence-electron chi connectivity index (χ0n) is 12.1. The predicted octanol–water partition coefficient (Wildman–Crippen LogP) is 4.12. The van der Waals surface area contributed by atoms with Crippen LogP contribution in [-0.4, -0.2) is 25.3 Å². The summed E-state index contributed by atoms with van der Waals surface area (Å²) in [5.74, 6) is -1.31. The van der Waals surface area contributed by atoms with E-state index in [0.717, 1.165) is 18.2 Å². The third-order valence-electron chi connectivity index (χ3n) is 3.72. The second-order valence-electron chi connectivity index (χ2n) is 5.48. The second-order valence-corrected chi connectivity index (χ2v) is 6.33. The van der Waals surface area contributed by atoms with Crippen molar-refractivity contribution in [3.63, 3.8) is 0 Å². The standard InChI is InChI=1S/C15H16BrF4NO2/c16-11-8-10(1-2-12(11)17)14(15(18,19)20)21-13(22)7-9-3-5-23-6-4-9/h1-2,8-9,14H,3-7H2,(H,21,22). The molecule has 1 N–H and O–H groups in total. The molecule has 0 aromatic heterocycles. The molecule has 0 saturated carbocycles. The lowest BCUT2D eigenvalue weighted by Gasteiger charge is -2.25. The molecule has 1 aromatic rings. The zero-order valence-corrected chi connectivity index (χ0v) is 13.7. The molecular formula is C15H16BrF4NO2. The zero-order chi connectivity index (χ0) is 17.0. The fraction of sp³-hybridized carbons (Fsp3) is 0.533. The van der Waals surface area contributed by atoms with Crippen LogP contribution in [0.3, 0.4) is 0 Å². The molecule has 8 heteroatoms. The Hall–Kier alpha value is -1.15. The summed E-state index contributed by atoms with van der Waals surface area (Å²) >= 11 is 2.86. The van der Waals surface area contributed by atoms with Gasteiger partial charge >= 0.3 is 6.18 Å². The van der Waals surface area contributed by atoms with Gasteiger partial charge in [-0.2, -0.15) is 13.2 Å². The number of rotatable bonds is 4. The highest BCUT2D eigenvalue weighted by Gasteiger charge is 2.42.